The number of hydrogen-bond donors (Lipinski definition) is 2. The third kappa shape index (κ3) is 5.28. The molecule has 1 fully saturated rings. The van der Waals surface area contributed by atoms with Crippen molar-refractivity contribution >= 4 is 17.3 Å². The number of thiazole rings is 1. The molecule has 1 atom stereocenters. The maximum absolute atomic E-state index is 4.61. The van der Waals surface area contributed by atoms with Crippen LogP contribution in [0.5, 0.6) is 0 Å². The Balaban J connectivity index is 1.82. The molecule has 1 heterocycles. The van der Waals surface area contributed by atoms with Gasteiger partial charge in [-0.1, -0.05) is 0 Å². The molecular formula is C15H27N5S. The minimum atomic E-state index is 0.517. The molecule has 0 radical (unpaired) electrons. The summed E-state index contributed by atoms with van der Waals surface area (Å²) in [6.45, 7) is 8.85. The fraction of sp³-hybridized carbons (Fsp3) is 0.733. The number of nitrogens with one attached hydrogen (secondary N) is 2. The second-order valence-electron chi connectivity index (χ2n) is 5.69. The number of aliphatic imine (C=N–C) groups is 1. The molecular weight excluding hydrogens is 282 g/mol. The molecule has 1 unspecified atom stereocenters. The average Bonchev–Trinajstić information content (AvgIpc) is 3.23. The van der Waals surface area contributed by atoms with Crippen molar-refractivity contribution < 1.29 is 0 Å². The maximum atomic E-state index is 4.61. The van der Waals surface area contributed by atoms with Crippen LogP contribution in [0.2, 0.25) is 0 Å². The van der Waals surface area contributed by atoms with Crippen LogP contribution in [0.25, 0.3) is 0 Å². The monoisotopic (exact) mass is 309 g/mol. The molecule has 0 spiro atoms. The molecule has 0 aliphatic heterocycles. The van der Waals surface area contributed by atoms with E-state index in [1.807, 2.05) is 6.20 Å². The number of guanidine groups is 1. The standard InChI is InChI=1S/C15H27N5S/c1-5-16-15(19-10-14-17-9-12(3)21-14)18-8-11(2)20(4)13-6-7-13/h9,11,13H,5-8,10H2,1-4H3,(H2,16,18,19). The number of aromatic nitrogens is 1. The summed E-state index contributed by atoms with van der Waals surface area (Å²) in [6, 6.07) is 1.31. The summed E-state index contributed by atoms with van der Waals surface area (Å²) >= 11 is 1.71. The van der Waals surface area contributed by atoms with Crippen molar-refractivity contribution in [2.24, 2.45) is 4.99 Å². The Hall–Kier alpha value is -1.14. The van der Waals surface area contributed by atoms with Gasteiger partial charge in [0.1, 0.15) is 5.01 Å². The molecule has 2 N–H and O–H groups in total. The Kier molecular flexibility index (Phi) is 5.99. The predicted molar refractivity (Wildman–Crippen MR) is 89.9 cm³/mol. The zero-order valence-electron chi connectivity index (χ0n) is 13.5. The van der Waals surface area contributed by atoms with Gasteiger partial charge in [-0.15, -0.1) is 11.3 Å². The van der Waals surface area contributed by atoms with Crippen LogP contribution in [-0.2, 0) is 6.54 Å². The van der Waals surface area contributed by atoms with Gasteiger partial charge in [-0.2, -0.15) is 0 Å². The van der Waals surface area contributed by atoms with Crippen LogP contribution in [0.3, 0.4) is 0 Å². The zero-order valence-corrected chi connectivity index (χ0v) is 14.3. The van der Waals surface area contributed by atoms with Crippen molar-refractivity contribution in [3.63, 3.8) is 0 Å². The van der Waals surface area contributed by atoms with Crippen molar-refractivity contribution in [1.29, 1.82) is 0 Å². The quantitative estimate of drug-likeness (QED) is 0.597. The molecule has 0 saturated heterocycles. The van der Waals surface area contributed by atoms with Crippen LogP contribution in [-0.4, -0.2) is 48.1 Å². The van der Waals surface area contributed by atoms with E-state index in [2.05, 4.69) is 53.3 Å². The Bertz CT molecular complexity index is 466. The number of aryl methyl sites for hydroxylation is 1. The van der Waals surface area contributed by atoms with Gasteiger partial charge < -0.3 is 10.6 Å². The highest BCUT2D eigenvalue weighted by molar-refractivity contribution is 7.11. The van der Waals surface area contributed by atoms with Gasteiger partial charge in [0.15, 0.2) is 5.96 Å². The molecule has 118 valence electrons. The lowest BCUT2D eigenvalue weighted by Gasteiger charge is -2.25. The van der Waals surface area contributed by atoms with Crippen LogP contribution in [0.15, 0.2) is 11.2 Å². The van der Waals surface area contributed by atoms with Crippen molar-refractivity contribution in [1.82, 2.24) is 20.5 Å². The topological polar surface area (TPSA) is 52.6 Å². The van der Waals surface area contributed by atoms with E-state index >= 15 is 0 Å². The van der Waals surface area contributed by atoms with Crippen LogP contribution >= 0.6 is 11.3 Å². The highest BCUT2D eigenvalue weighted by atomic mass is 32.1. The summed E-state index contributed by atoms with van der Waals surface area (Å²) in [5.74, 6) is 0.876. The first-order chi connectivity index (χ1) is 10.1. The first-order valence-corrected chi connectivity index (χ1v) is 8.57. The van der Waals surface area contributed by atoms with E-state index in [4.69, 9.17) is 0 Å². The zero-order chi connectivity index (χ0) is 15.2. The molecule has 1 aliphatic carbocycles. The second kappa shape index (κ2) is 7.75. The number of hydrogen-bond acceptors (Lipinski definition) is 4. The summed E-state index contributed by atoms with van der Waals surface area (Å²) in [5.41, 5.74) is 0. The van der Waals surface area contributed by atoms with Gasteiger partial charge in [0, 0.05) is 36.2 Å². The first-order valence-electron chi connectivity index (χ1n) is 7.75. The molecule has 0 aromatic carbocycles. The largest absolute Gasteiger partial charge is 0.357 e. The Morgan fingerprint density at radius 1 is 1.52 bits per heavy atom. The van der Waals surface area contributed by atoms with E-state index in [1.165, 1.54) is 17.7 Å². The summed E-state index contributed by atoms with van der Waals surface area (Å²) in [4.78, 5) is 12.7. The van der Waals surface area contributed by atoms with Gasteiger partial charge in [-0.3, -0.25) is 4.90 Å². The van der Waals surface area contributed by atoms with E-state index in [0.29, 0.717) is 12.6 Å². The third-order valence-corrected chi connectivity index (χ3v) is 4.67. The average molecular weight is 309 g/mol. The maximum Gasteiger partial charge on any atom is 0.191 e. The minimum Gasteiger partial charge on any atom is -0.357 e. The summed E-state index contributed by atoms with van der Waals surface area (Å²) in [5, 5.41) is 7.79. The lowest BCUT2D eigenvalue weighted by atomic mass is 10.3. The van der Waals surface area contributed by atoms with Crippen LogP contribution < -0.4 is 10.6 Å². The SMILES string of the molecule is CCNC(=NCc1ncc(C)s1)NCC(C)N(C)C1CC1. The predicted octanol–water partition coefficient (Wildman–Crippen LogP) is 1.99. The Morgan fingerprint density at radius 2 is 2.29 bits per heavy atom. The van der Waals surface area contributed by atoms with Gasteiger partial charge in [-0.05, 0) is 40.7 Å². The van der Waals surface area contributed by atoms with Gasteiger partial charge in [0.25, 0.3) is 0 Å². The molecule has 1 aromatic heterocycles. The lowest BCUT2D eigenvalue weighted by Crippen LogP contribution is -2.45. The molecule has 2 rings (SSSR count). The van der Waals surface area contributed by atoms with E-state index in [1.54, 1.807) is 11.3 Å². The molecule has 21 heavy (non-hydrogen) atoms. The molecule has 6 heteroatoms. The third-order valence-electron chi connectivity index (χ3n) is 3.77. The van der Waals surface area contributed by atoms with Gasteiger partial charge in [0.2, 0.25) is 0 Å². The first kappa shape index (κ1) is 16.2. The van der Waals surface area contributed by atoms with Crippen molar-refractivity contribution in [2.45, 2.75) is 52.2 Å². The second-order valence-corrected chi connectivity index (χ2v) is 7.01. The number of rotatable bonds is 7. The highest BCUT2D eigenvalue weighted by Gasteiger charge is 2.28. The number of likely N-dealkylation sites (N-methyl/N-ethyl adjacent to an activating group) is 1. The van der Waals surface area contributed by atoms with Gasteiger partial charge in [0.05, 0.1) is 6.54 Å². The van der Waals surface area contributed by atoms with Crippen molar-refractivity contribution in [3.05, 3.63) is 16.1 Å². The Morgan fingerprint density at radius 3 is 2.86 bits per heavy atom. The summed E-state index contributed by atoms with van der Waals surface area (Å²) in [6.07, 6.45) is 4.60. The van der Waals surface area contributed by atoms with Gasteiger partial charge >= 0.3 is 0 Å². The lowest BCUT2D eigenvalue weighted by molar-refractivity contribution is 0.247. The fourth-order valence-corrected chi connectivity index (χ4v) is 2.90. The molecule has 5 nitrogen and oxygen atoms in total. The minimum absolute atomic E-state index is 0.517. The van der Waals surface area contributed by atoms with Crippen LogP contribution in [0.4, 0.5) is 0 Å². The van der Waals surface area contributed by atoms with E-state index in [9.17, 15) is 0 Å². The smallest absolute Gasteiger partial charge is 0.191 e. The van der Waals surface area contributed by atoms with Crippen molar-refractivity contribution in [3.8, 4) is 0 Å². The molecule has 1 aromatic rings. The van der Waals surface area contributed by atoms with Crippen LogP contribution in [0, 0.1) is 6.92 Å². The molecule has 1 aliphatic rings. The van der Waals surface area contributed by atoms with E-state index in [0.717, 1.165) is 30.1 Å². The molecule has 0 bridgehead atoms. The van der Waals surface area contributed by atoms with Gasteiger partial charge in [-0.25, -0.2) is 9.98 Å². The normalized spacial score (nSPS) is 17.1. The highest BCUT2D eigenvalue weighted by Crippen LogP contribution is 2.26. The summed E-state index contributed by atoms with van der Waals surface area (Å²) < 4.78 is 0. The Labute approximate surface area is 131 Å². The van der Waals surface area contributed by atoms with Crippen LogP contribution in [0.1, 0.15) is 36.6 Å². The van der Waals surface area contributed by atoms with E-state index in [-0.39, 0.29) is 0 Å². The van der Waals surface area contributed by atoms with Crippen molar-refractivity contribution in [2.75, 3.05) is 20.1 Å². The molecule has 1 saturated carbocycles. The summed E-state index contributed by atoms with van der Waals surface area (Å²) in [7, 11) is 2.21. The number of nitrogens with zero attached hydrogens (tertiary/aromatic N) is 3. The molecule has 0 amide bonds. The fourth-order valence-electron chi connectivity index (χ4n) is 2.19. The van der Waals surface area contributed by atoms with E-state index < -0.39 is 0 Å².